The smallest absolute Gasteiger partial charge is 0.230 e. The van der Waals surface area contributed by atoms with E-state index in [0.717, 1.165) is 43.8 Å². The van der Waals surface area contributed by atoms with E-state index >= 15 is 0 Å². The lowest BCUT2D eigenvalue weighted by atomic mass is 10.2. The number of pyridine rings is 1. The maximum atomic E-state index is 12.5. The van der Waals surface area contributed by atoms with Crippen molar-refractivity contribution in [1.29, 1.82) is 0 Å². The molecular formula is C24H27FN6O3. The fourth-order valence-electron chi connectivity index (χ4n) is 4.12. The molecule has 3 aromatic heterocycles. The van der Waals surface area contributed by atoms with Crippen LogP contribution in [-0.4, -0.2) is 89.4 Å². The van der Waals surface area contributed by atoms with E-state index in [-0.39, 0.29) is 6.67 Å². The molecule has 1 fully saturated rings. The highest BCUT2D eigenvalue weighted by molar-refractivity contribution is 5.87. The number of halogens is 1. The van der Waals surface area contributed by atoms with Crippen LogP contribution in [0.5, 0.6) is 23.1 Å². The highest BCUT2D eigenvalue weighted by Gasteiger charge is 2.17. The Hall–Kier alpha value is -3.50. The predicted octanol–water partition coefficient (Wildman–Crippen LogP) is 3.27. The SMILES string of the molecule is COc1cc2c(Oc3cnc4[nH]ccc4c3)ncnc2cc1OCCN1CCN(CCF)CC1. The molecule has 1 aliphatic heterocycles. The molecule has 1 saturated heterocycles. The highest BCUT2D eigenvalue weighted by atomic mass is 19.1. The molecule has 0 spiro atoms. The number of piperazine rings is 1. The minimum absolute atomic E-state index is 0.291. The lowest BCUT2D eigenvalue weighted by Crippen LogP contribution is -2.47. The van der Waals surface area contributed by atoms with Crippen molar-refractivity contribution in [2.45, 2.75) is 0 Å². The van der Waals surface area contributed by atoms with Gasteiger partial charge >= 0.3 is 0 Å². The van der Waals surface area contributed by atoms with Gasteiger partial charge in [0, 0.05) is 56.9 Å². The number of aromatic amines is 1. The Morgan fingerprint density at radius 1 is 1.00 bits per heavy atom. The molecule has 5 rings (SSSR count). The number of nitrogens with one attached hydrogen (secondary N) is 1. The second-order valence-corrected chi connectivity index (χ2v) is 8.11. The molecule has 1 aromatic carbocycles. The van der Waals surface area contributed by atoms with Crippen LogP contribution < -0.4 is 14.2 Å². The number of benzene rings is 1. The first-order valence-electron chi connectivity index (χ1n) is 11.3. The molecule has 0 amide bonds. The van der Waals surface area contributed by atoms with E-state index in [1.165, 1.54) is 6.33 Å². The molecule has 178 valence electrons. The largest absolute Gasteiger partial charge is 0.493 e. The van der Waals surface area contributed by atoms with Gasteiger partial charge in [0.15, 0.2) is 11.5 Å². The van der Waals surface area contributed by atoms with Crippen LogP contribution in [-0.2, 0) is 0 Å². The number of ether oxygens (including phenoxy) is 3. The standard InChI is InChI=1S/C24H27FN6O3/c1-32-21-13-19-20(14-22(21)33-11-10-31-8-6-30(5-3-25)7-9-31)28-16-29-24(19)34-18-12-17-2-4-26-23(17)27-15-18/h2,4,12-16H,3,5-11H2,1H3,(H,26,27). The van der Waals surface area contributed by atoms with Crippen molar-refractivity contribution in [2.24, 2.45) is 0 Å². The third kappa shape index (κ3) is 4.87. The van der Waals surface area contributed by atoms with E-state index in [1.54, 1.807) is 13.3 Å². The average Bonchev–Trinajstić information content (AvgIpc) is 3.33. The van der Waals surface area contributed by atoms with Gasteiger partial charge in [-0.1, -0.05) is 0 Å². The van der Waals surface area contributed by atoms with Crippen molar-refractivity contribution in [3.05, 3.63) is 43.0 Å². The summed E-state index contributed by atoms with van der Waals surface area (Å²) in [6, 6.07) is 7.51. The summed E-state index contributed by atoms with van der Waals surface area (Å²) in [7, 11) is 1.60. The number of hydrogen-bond acceptors (Lipinski definition) is 8. The van der Waals surface area contributed by atoms with E-state index in [9.17, 15) is 4.39 Å². The Balaban J connectivity index is 1.28. The van der Waals surface area contributed by atoms with Crippen LogP contribution in [0.1, 0.15) is 0 Å². The van der Waals surface area contributed by atoms with Crippen LogP contribution in [0, 0.1) is 0 Å². The van der Waals surface area contributed by atoms with Crippen molar-refractivity contribution >= 4 is 21.9 Å². The third-order valence-electron chi connectivity index (χ3n) is 6.00. The van der Waals surface area contributed by atoms with Crippen molar-refractivity contribution in [1.82, 2.24) is 29.7 Å². The van der Waals surface area contributed by atoms with Gasteiger partial charge in [0.25, 0.3) is 0 Å². The Bertz CT molecular complexity index is 1260. The van der Waals surface area contributed by atoms with Gasteiger partial charge in [-0.25, -0.2) is 19.3 Å². The Kier molecular flexibility index (Phi) is 6.68. The zero-order valence-electron chi connectivity index (χ0n) is 19.0. The molecule has 9 nitrogen and oxygen atoms in total. The summed E-state index contributed by atoms with van der Waals surface area (Å²) in [6.07, 6.45) is 4.95. The van der Waals surface area contributed by atoms with Crippen LogP contribution >= 0.6 is 0 Å². The van der Waals surface area contributed by atoms with Gasteiger partial charge in [-0.2, -0.15) is 0 Å². The van der Waals surface area contributed by atoms with Gasteiger partial charge in [-0.15, -0.1) is 0 Å². The Morgan fingerprint density at radius 2 is 1.82 bits per heavy atom. The van der Waals surface area contributed by atoms with Gasteiger partial charge < -0.3 is 19.2 Å². The first-order valence-corrected chi connectivity index (χ1v) is 11.3. The summed E-state index contributed by atoms with van der Waals surface area (Å²) in [5, 5.41) is 1.66. The van der Waals surface area contributed by atoms with Crippen molar-refractivity contribution in [3.8, 4) is 23.1 Å². The average molecular weight is 467 g/mol. The molecule has 1 aliphatic rings. The second kappa shape index (κ2) is 10.2. The molecule has 10 heteroatoms. The number of nitrogens with zero attached hydrogens (tertiary/aromatic N) is 5. The third-order valence-corrected chi connectivity index (χ3v) is 6.00. The van der Waals surface area contributed by atoms with Gasteiger partial charge in [-0.05, 0) is 18.2 Å². The first kappa shape index (κ1) is 22.3. The molecule has 34 heavy (non-hydrogen) atoms. The quantitative estimate of drug-likeness (QED) is 0.402. The maximum absolute atomic E-state index is 12.5. The molecule has 0 aliphatic carbocycles. The summed E-state index contributed by atoms with van der Waals surface area (Å²) in [6.45, 7) is 5.12. The molecule has 1 N–H and O–H groups in total. The van der Waals surface area contributed by atoms with Crippen molar-refractivity contribution < 1.29 is 18.6 Å². The number of hydrogen-bond donors (Lipinski definition) is 1. The number of H-pyrrole nitrogens is 1. The number of rotatable bonds is 9. The van der Waals surface area contributed by atoms with Crippen LogP contribution in [0.25, 0.3) is 21.9 Å². The van der Waals surface area contributed by atoms with Crippen LogP contribution in [0.4, 0.5) is 4.39 Å². The first-order chi connectivity index (χ1) is 16.7. The van der Waals surface area contributed by atoms with Crippen LogP contribution in [0.15, 0.2) is 43.0 Å². The fourth-order valence-corrected chi connectivity index (χ4v) is 4.12. The monoisotopic (exact) mass is 466 g/mol. The normalized spacial score (nSPS) is 15.1. The summed E-state index contributed by atoms with van der Waals surface area (Å²) in [5.74, 6) is 2.20. The van der Waals surface area contributed by atoms with Crippen molar-refractivity contribution in [3.63, 3.8) is 0 Å². The molecule has 0 saturated carbocycles. The zero-order chi connectivity index (χ0) is 23.3. The minimum atomic E-state index is -0.291. The molecule has 4 heterocycles. The maximum Gasteiger partial charge on any atom is 0.230 e. The molecule has 4 aromatic rings. The Morgan fingerprint density at radius 3 is 2.62 bits per heavy atom. The number of alkyl halides is 1. The van der Waals surface area contributed by atoms with Gasteiger partial charge in [0.2, 0.25) is 5.88 Å². The van der Waals surface area contributed by atoms with E-state index in [0.29, 0.717) is 47.2 Å². The summed E-state index contributed by atoms with van der Waals surface area (Å²) < 4.78 is 30.2. The van der Waals surface area contributed by atoms with E-state index in [2.05, 4.69) is 29.7 Å². The topological polar surface area (TPSA) is 88.6 Å². The van der Waals surface area contributed by atoms with Gasteiger partial charge in [0.1, 0.15) is 31.0 Å². The predicted molar refractivity (Wildman–Crippen MR) is 127 cm³/mol. The minimum Gasteiger partial charge on any atom is -0.493 e. The number of fused-ring (bicyclic) bond motifs is 2. The van der Waals surface area contributed by atoms with Gasteiger partial charge in [-0.3, -0.25) is 9.80 Å². The van der Waals surface area contributed by atoms with Crippen LogP contribution in [0.3, 0.4) is 0 Å². The number of methoxy groups -OCH3 is 1. The molecule has 0 bridgehead atoms. The Labute approximate surface area is 196 Å². The molecular weight excluding hydrogens is 439 g/mol. The molecule has 0 atom stereocenters. The summed E-state index contributed by atoms with van der Waals surface area (Å²) >= 11 is 0. The lowest BCUT2D eigenvalue weighted by molar-refractivity contribution is 0.111. The highest BCUT2D eigenvalue weighted by Crippen LogP contribution is 2.36. The summed E-state index contributed by atoms with van der Waals surface area (Å²) in [5.41, 5.74) is 1.49. The van der Waals surface area contributed by atoms with E-state index in [1.807, 2.05) is 30.5 Å². The summed E-state index contributed by atoms with van der Waals surface area (Å²) in [4.78, 5) is 20.6. The molecule has 0 radical (unpaired) electrons. The van der Waals surface area contributed by atoms with Gasteiger partial charge in [0.05, 0.1) is 24.2 Å². The van der Waals surface area contributed by atoms with Crippen LogP contribution in [0.2, 0.25) is 0 Å². The lowest BCUT2D eigenvalue weighted by Gasteiger charge is -2.34. The van der Waals surface area contributed by atoms with E-state index in [4.69, 9.17) is 14.2 Å². The fraction of sp³-hybridized carbons (Fsp3) is 0.375. The zero-order valence-corrected chi connectivity index (χ0v) is 19.0. The van der Waals surface area contributed by atoms with Crippen molar-refractivity contribution in [2.75, 3.05) is 59.7 Å². The molecule has 0 unspecified atom stereocenters. The number of aromatic nitrogens is 4. The second-order valence-electron chi connectivity index (χ2n) is 8.11. The van der Waals surface area contributed by atoms with E-state index < -0.39 is 0 Å².